The second kappa shape index (κ2) is 9.81. The summed E-state index contributed by atoms with van der Waals surface area (Å²) >= 11 is 7.76. The number of anilines is 2. The van der Waals surface area contributed by atoms with E-state index in [1.807, 2.05) is 31.2 Å². The Morgan fingerprint density at radius 2 is 1.97 bits per heavy atom. The van der Waals surface area contributed by atoms with Crippen molar-refractivity contribution in [3.05, 3.63) is 100 Å². The second-order valence-corrected chi connectivity index (χ2v) is 9.25. The molecule has 1 aliphatic heterocycles. The number of aromatic hydroxyl groups is 1. The molecule has 0 spiro atoms. The van der Waals surface area contributed by atoms with Gasteiger partial charge in [-0.3, -0.25) is 9.78 Å². The molecule has 1 amide bonds. The summed E-state index contributed by atoms with van der Waals surface area (Å²) in [6.07, 6.45) is 3.23. The maximum Gasteiger partial charge on any atom is 0.255 e. The van der Waals surface area contributed by atoms with Gasteiger partial charge in [0.25, 0.3) is 5.91 Å². The number of nitrogens with one attached hydrogen (secondary N) is 2. The van der Waals surface area contributed by atoms with Crippen LogP contribution in [0.2, 0.25) is 5.02 Å². The smallest absolute Gasteiger partial charge is 0.255 e. The molecule has 3 heterocycles. The minimum absolute atomic E-state index is 0.138. The number of carbonyl (C=O) groups is 1. The van der Waals surface area contributed by atoms with Gasteiger partial charge in [0.15, 0.2) is 0 Å². The maximum absolute atomic E-state index is 13.4. The highest BCUT2D eigenvalue weighted by Crippen LogP contribution is 2.37. The number of benzene rings is 2. The monoisotopic (exact) mass is 504 g/mol. The Labute approximate surface area is 211 Å². The molecule has 0 fully saturated rings. The van der Waals surface area contributed by atoms with Crippen LogP contribution in [0.4, 0.5) is 11.6 Å². The number of carbonyl (C=O) groups excluding carboxylic acids is 1. The van der Waals surface area contributed by atoms with Gasteiger partial charge in [0.05, 0.1) is 17.5 Å². The van der Waals surface area contributed by atoms with Crippen LogP contribution < -0.4 is 10.6 Å². The summed E-state index contributed by atoms with van der Waals surface area (Å²) in [5.41, 5.74) is 3.50. The first-order valence-corrected chi connectivity index (χ1v) is 12.2. The van der Waals surface area contributed by atoms with E-state index in [0.29, 0.717) is 38.8 Å². The van der Waals surface area contributed by atoms with Gasteiger partial charge in [-0.25, -0.2) is 4.68 Å². The normalized spacial score (nSPS) is 14.9. The third kappa shape index (κ3) is 4.87. The first-order valence-electron chi connectivity index (χ1n) is 10.8. The molecule has 0 radical (unpaired) electrons. The van der Waals surface area contributed by atoms with E-state index in [9.17, 15) is 9.90 Å². The van der Waals surface area contributed by atoms with Crippen molar-refractivity contribution in [2.24, 2.45) is 0 Å². The van der Waals surface area contributed by atoms with Crippen molar-refractivity contribution >= 4 is 40.9 Å². The molecule has 1 aliphatic rings. The lowest BCUT2D eigenvalue weighted by Gasteiger charge is -2.28. The molecule has 0 unspecified atom stereocenters. The SMILES string of the molecule is CC1=C(C(=O)Nc2cccnc2)[C@H](c2ccc(O)cc2)n2nc(SCc3ccccc3Cl)nc2N1. The highest BCUT2D eigenvalue weighted by Gasteiger charge is 2.34. The summed E-state index contributed by atoms with van der Waals surface area (Å²) in [7, 11) is 0. The zero-order valence-electron chi connectivity index (χ0n) is 18.6. The van der Waals surface area contributed by atoms with Crippen LogP contribution in [-0.2, 0) is 10.5 Å². The molecule has 35 heavy (non-hydrogen) atoms. The lowest BCUT2D eigenvalue weighted by Crippen LogP contribution is -2.31. The summed E-state index contributed by atoms with van der Waals surface area (Å²) in [5, 5.41) is 21.9. The number of hydrogen-bond donors (Lipinski definition) is 3. The van der Waals surface area contributed by atoms with Gasteiger partial charge in [0.2, 0.25) is 11.1 Å². The predicted octanol–water partition coefficient (Wildman–Crippen LogP) is 5.25. The number of halogens is 1. The van der Waals surface area contributed by atoms with Gasteiger partial charge in [0, 0.05) is 22.7 Å². The largest absolute Gasteiger partial charge is 0.508 e. The Morgan fingerprint density at radius 3 is 2.71 bits per heavy atom. The van der Waals surface area contributed by atoms with E-state index in [1.165, 1.54) is 11.8 Å². The van der Waals surface area contributed by atoms with E-state index in [1.54, 1.807) is 53.5 Å². The van der Waals surface area contributed by atoms with Crippen LogP contribution in [-0.4, -0.2) is 30.8 Å². The number of thioether (sulfide) groups is 1. The van der Waals surface area contributed by atoms with E-state index >= 15 is 0 Å². The molecule has 0 bridgehead atoms. The Morgan fingerprint density at radius 1 is 1.17 bits per heavy atom. The molecular formula is C25H21ClN6O2S. The van der Waals surface area contributed by atoms with Crippen molar-refractivity contribution in [2.45, 2.75) is 23.9 Å². The van der Waals surface area contributed by atoms with Crippen molar-refractivity contribution in [1.29, 1.82) is 0 Å². The van der Waals surface area contributed by atoms with Gasteiger partial charge in [-0.05, 0) is 48.4 Å². The van der Waals surface area contributed by atoms with Gasteiger partial charge < -0.3 is 15.7 Å². The number of allylic oxidation sites excluding steroid dienone is 1. The molecule has 1 atom stereocenters. The van der Waals surface area contributed by atoms with Crippen LogP contribution in [0.25, 0.3) is 0 Å². The third-order valence-corrected chi connectivity index (χ3v) is 6.78. The zero-order chi connectivity index (χ0) is 24.4. The van der Waals surface area contributed by atoms with Gasteiger partial charge in [-0.1, -0.05) is 53.7 Å². The number of phenols is 1. The summed E-state index contributed by atoms with van der Waals surface area (Å²) < 4.78 is 1.70. The number of rotatable bonds is 6. The van der Waals surface area contributed by atoms with Crippen molar-refractivity contribution in [3.8, 4) is 5.75 Å². The first-order chi connectivity index (χ1) is 17.0. The number of amides is 1. The van der Waals surface area contributed by atoms with Gasteiger partial charge in [-0.2, -0.15) is 4.98 Å². The Kier molecular flexibility index (Phi) is 6.43. The number of fused-ring (bicyclic) bond motifs is 1. The minimum atomic E-state index is -0.550. The zero-order valence-corrected chi connectivity index (χ0v) is 20.2. The Hall–Kier alpha value is -3.82. The van der Waals surface area contributed by atoms with Gasteiger partial charge in [-0.15, -0.1) is 5.10 Å². The topological polar surface area (TPSA) is 105 Å². The van der Waals surface area contributed by atoms with Gasteiger partial charge >= 0.3 is 0 Å². The fraction of sp³-hybridized carbons (Fsp3) is 0.120. The molecule has 2 aromatic heterocycles. The fourth-order valence-corrected chi connectivity index (χ4v) is 4.96. The molecule has 5 rings (SSSR count). The predicted molar refractivity (Wildman–Crippen MR) is 136 cm³/mol. The standard InChI is InChI=1S/C25H21ClN6O2S/c1-15-21(23(34)29-18-6-4-12-27-13-18)22(16-8-10-19(33)11-9-16)32-24(28-15)30-25(31-32)35-14-17-5-2-3-7-20(17)26/h2-13,22,33H,14H2,1H3,(H,29,34)(H,28,30,31)/t22-/m0/s1. The van der Waals surface area contributed by atoms with E-state index in [-0.39, 0.29) is 11.7 Å². The Balaban J connectivity index is 1.49. The van der Waals surface area contributed by atoms with Crippen molar-refractivity contribution in [2.75, 3.05) is 10.6 Å². The number of phenolic OH excluding ortho intramolecular Hbond substituents is 1. The lowest BCUT2D eigenvalue weighted by molar-refractivity contribution is -0.113. The van der Waals surface area contributed by atoms with Crippen molar-refractivity contribution < 1.29 is 9.90 Å². The highest BCUT2D eigenvalue weighted by atomic mass is 35.5. The quantitative estimate of drug-likeness (QED) is 0.308. The third-order valence-electron chi connectivity index (χ3n) is 5.52. The average Bonchev–Trinajstić information content (AvgIpc) is 3.26. The number of nitrogens with zero attached hydrogens (tertiary/aromatic N) is 4. The average molecular weight is 505 g/mol. The molecule has 10 heteroatoms. The van der Waals surface area contributed by atoms with Gasteiger partial charge in [0.1, 0.15) is 11.8 Å². The van der Waals surface area contributed by atoms with Crippen LogP contribution >= 0.6 is 23.4 Å². The van der Waals surface area contributed by atoms with E-state index in [2.05, 4.69) is 20.6 Å². The van der Waals surface area contributed by atoms with Crippen molar-refractivity contribution in [3.63, 3.8) is 0 Å². The van der Waals surface area contributed by atoms with Crippen LogP contribution in [0.5, 0.6) is 5.75 Å². The lowest BCUT2D eigenvalue weighted by atomic mass is 9.95. The van der Waals surface area contributed by atoms with E-state index in [4.69, 9.17) is 16.7 Å². The molecular weight excluding hydrogens is 484 g/mol. The second-order valence-electron chi connectivity index (χ2n) is 7.90. The van der Waals surface area contributed by atoms with Crippen LogP contribution in [0.15, 0.2) is 89.5 Å². The first kappa shape index (κ1) is 22.9. The van der Waals surface area contributed by atoms with E-state index < -0.39 is 6.04 Å². The molecule has 4 aromatic rings. The molecule has 0 saturated heterocycles. The van der Waals surface area contributed by atoms with Crippen LogP contribution in [0.1, 0.15) is 24.1 Å². The number of hydrogen-bond acceptors (Lipinski definition) is 7. The molecule has 8 nitrogen and oxygen atoms in total. The summed E-state index contributed by atoms with van der Waals surface area (Å²) in [6.45, 7) is 1.83. The number of aromatic nitrogens is 4. The van der Waals surface area contributed by atoms with E-state index in [0.717, 1.165) is 11.1 Å². The van der Waals surface area contributed by atoms with Crippen LogP contribution in [0, 0.1) is 0 Å². The highest BCUT2D eigenvalue weighted by molar-refractivity contribution is 7.98. The summed E-state index contributed by atoms with van der Waals surface area (Å²) in [5.74, 6) is 0.987. The summed E-state index contributed by atoms with van der Waals surface area (Å²) in [6, 6.07) is 17.4. The Bertz CT molecular complexity index is 1410. The molecule has 3 N–H and O–H groups in total. The van der Waals surface area contributed by atoms with Crippen LogP contribution in [0.3, 0.4) is 0 Å². The molecule has 0 aliphatic carbocycles. The fourth-order valence-electron chi connectivity index (χ4n) is 3.84. The molecule has 176 valence electrons. The number of pyridine rings is 1. The summed E-state index contributed by atoms with van der Waals surface area (Å²) in [4.78, 5) is 22.1. The minimum Gasteiger partial charge on any atom is -0.508 e. The van der Waals surface area contributed by atoms with Crippen molar-refractivity contribution in [1.82, 2.24) is 19.7 Å². The maximum atomic E-state index is 13.4. The molecule has 2 aromatic carbocycles. The molecule has 0 saturated carbocycles.